The van der Waals surface area contributed by atoms with E-state index in [9.17, 15) is 9.90 Å². The largest absolute Gasteiger partial charge is 0.392 e. The molecule has 0 spiro atoms. The minimum absolute atomic E-state index is 0.0203. The predicted octanol–water partition coefficient (Wildman–Crippen LogP) is 4.44. The lowest BCUT2D eigenvalue weighted by atomic mass is 9.51. The lowest BCUT2D eigenvalue weighted by Gasteiger charge is -2.53. The molecule has 2 nitrogen and oxygen atoms in total. The maximum atomic E-state index is 11.8. The van der Waals surface area contributed by atoms with E-state index in [1.807, 2.05) is 6.08 Å². The molecule has 2 fully saturated rings. The average molecular weight is 314 g/mol. The Morgan fingerprint density at radius 2 is 2.09 bits per heavy atom. The molecule has 0 amide bonds. The second-order valence-electron chi connectivity index (χ2n) is 8.75. The molecule has 4 aliphatic rings. The summed E-state index contributed by atoms with van der Waals surface area (Å²) in [4.78, 5) is 11.8. The molecule has 2 unspecified atom stereocenters. The van der Waals surface area contributed by atoms with E-state index >= 15 is 0 Å². The molecule has 0 aromatic carbocycles. The molecule has 0 aromatic heterocycles. The van der Waals surface area contributed by atoms with Crippen LogP contribution in [-0.4, -0.2) is 17.0 Å². The number of allylic oxidation sites excluding steroid dienone is 2. The van der Waals surface area contributed by atoms with Gasteiger partial charge in [0.15, 0.2) is 5.78 Å². The molecule has 4 aliphatic carbocycles. The molecule has 0 heterocycles. The Hall–Kier alpha value is -0.890. The van der Waals surface area contributed by atoms with E-state index in [0.717, 1.165) is 38.5 Å². The molecule has 126 valence electrons. The Kier molecular flexibility index (Phi) is 3.61. The van der Waals surface area contributed by atoms with Gasteiger partial charge in [-0.25, -0.2) is 0 Å². The lowest BCUT2D eigenvalue weighted by Crippen LogP contribution is -2.47. The zero-order valence-corrected chi connectivity index (χ0v) is 14.8. The van der Waals surface area contributed by atoms with Crippen LogP contribution in [0.15, 0.2) is 22.8 Å². The van der Waals surface area contributed by atoms with E-state index < -0.39 is 0 Å². The standard InChI is InChI=1S/C21H30O2/c1-4-13-11-18(23)21(3)8-7-17-16-6-5-15(22)10-14(16)9-12(2)19(17)20(13)21/h10,12,16-19,23H,4-9,11H2,1-3H3/t12?,16-,17+,18?,19+,21+/m0/s1. The van der Waals surface area contributed by atoms with Crippen LogP contribution < -0.4 is 0 Å². The minimum atomic E-state index is -0.175. The Labute approximate surface area is 140 Å². The van der Waals surface area contributed by atoms with E-state index in [1.165, 1.54) is 12.0 Å². The SMILES string of the molecule is CCC1=C2[C@@H]3C(C)CC4=CC(=O)CC[C@@H]4[C@H]3CC[C@]2(C)C(O)C1. The maximum absolute atomic E-state index is 11.8. The van der Waals surface area contributed by atoms with Crippen molar-refractivity contribution in [3.63, 3.8) is 0 Å². The van der Waals surface area contributed by atoms with Gasteiger partial charge in [-0.15, -0.1) is 0 Å². The van der Waals surface area contributed by atoms with Crippen molar-refractivity contribution in [1.82, 2.24) is 0 Å². The van der Waals surface area contributed by atoms with Gasteiger partial charge >= 0.3 is 0 Å². The zero-order chi connectivity index (χ0) is 16.4. The van der Waals surface area contributed by atoms with E-state index in [-0.39, 0.29) is 11.5 Å². The molecule has 0 aliphatic heterocycles. The monoisotopic (exact) mass is 314 g/mol. The number of fused-ring (bicyclic) bond motifs is 5. The van der Waals surface area contributed by atoms with Gasteiger partial charge in [-0.05, 0) is 68.3 Å². The molecule has 1 N–H and O–H groups in total. The van der Waals surface area contributed by atoms with Gasteiger partial charge in [0, 0.05) is 11.8 Å². The van der Waals surface area contributed by atoms with Crippen LogP contribution in [0.5, 0.6) is 0 Å². The fraction of sp³-hybridized carbons (Fsp3) is 0.762. The maximum Gasteiger partial charge on any atom is 0.155 e. The average Bonchev–Trinajstić information content (AvgIpc) is 2.78. The molecule has 2 heteroatoms. The van der Waals surface area contributed by atoms with Gasteiger partial charge in [-0.1, -0.05) is 37.5 Å². The summed E-state index contributed by atoms with van der Waals surface area (Å²) >= 11 is 0. The number of carbonyl (C=O) groups excluding carboxylic acids is 1. The van der Waals surface area contributed by atoms with Gasteiger partial charge in [-0.3, -0.25) is 4.79 Å². The molecular weight excluding hydrogens is 284 g/mol. The normalized spacial score (nSPS) is 46.2. The predicted molar refractivity (Wildman–Crippen MR) is 91.9 cm³/mol. The smallest absolute Gasteiger partial charge is 0.155 e. The van der Waals surface area contributed by atoms with Crippen LogP contribution in [-0.2, 0) is 4.79 Å². The van der Waals surface area contributed by atoms with Crippen molar-refractivity contribution < 1.29 is 9.90 Å². The first-order valence-electron chi connectivity index (χ1n) is 9.59. The van der Waals surface area contributed by atoms with Gasteiger partial charge in [0.05, 0.1) is 6.10 Å². The molecular formula is C21H30O2. The van der Waals surface area contributed by atoms with E-state index in [0.29, 0.717) is 29.5 Å². The van der Waals surface area contributed by atoms with Gasteiger partial charge in [0.2, 0.25) is 0 Å². The number of ketones is 1. The zero-order valence-electron chi connectivity index (χ0n) is 14.8. The highest BCUT2D eigenvalue weighted by Gasteiger charge is 2.55. The Morgan fingerprint density at radius 1 is 1.30 bits per heavy atom. The van der Waals surface area contributed by atoms with Gasteiger partial charge < -0.3 is 5.11 Å². The highest BCUT2D eigenvalue weighted by Crippen LogP contribution is 2.62. The molecule has 0 saturated heterocycles. The molecule has 6 atom stereocenters. The third kappa shape index (κ3) is 2.13. The van der Waals surface area contributed by atoms with Crippen LogP contribution in [0.4, 0.5) is 0 Å². The summed E-state index contributed by atoms with van der Waals surface area (Å²) in [5.74, 6) is 2.91. The summed E-state index contributed by atoms with van der Waals surface area (Å²) in [6.07, 6.45) is 9.02. The van der Waals surface area contributed by atoms with Gasteiger partial charge in [0.25, 0.3) is 0 Å². The highest BCUT2D eigenvalue weighted by molar-refractivity contribution is 5.91. The summed E-state index contributed by atoms with van der Waals surface area (Å²) in [6, 6.07) is 0. The Balaban J connectivity index is 1.77. The first-order valence-corrected chi connectivity index (χ1v) is 9.59. The van der Waals surface area contributed by atoms with Crippen molar-refractivity contribution in [3.05, 3.63) is 22.8 Å². The van der Waals surface area contributed by atoms with Crippen molar-refractivity contribution in [2.75, 3.05) is 0 Å². The second-order valence-corrected chi connectivity index (χ2v) is 8.75. The van der Waals surface area contributed by atoms with Gasteiger partial charge in [0.1, 0.15) is 0 Å². The number of aliphatic hydroxyl groups is 1. The lowest BCUT2D eigenvalue weighted by molar-refractivity contribution is -0.115. The van der Waals surface area contributed by atoms with Crippen molar-refractivity contribution in [3.8, 4) is 0 Å². The van der Waals surface area contributed by atoms with Crippen LogP contribution in [0.25, 0.3) is 0 Å². The fourth-order valence-corrected chi connectivity index (χ4v) is 6.49. The minimum Gasteiger partial charge on any atom is -0.392 e. The van der Waals surface area contributed by atoms with E-state index in [1.54, 1.807) is 11.1 Å². The summed E-state index contributed by atoms with van der Waals surface area (Å²) in [6.45, 7) is 6.95. The summed E-state index contributed by atoms with van der Waals surface area (Å²) in [5.41, 5.74) is 4.63. The Bertz CT molecular complexity index is 599. The first kappa shape index (κ1) is 15.6. The third-order valence-corrected chi connectivity index (χ3v) is 7.60. The quantitative estimate of drug-likeness (QED) is 0.727. The van der Waals surface area contributed by atoms with Crippen LogP contribution in [0.3, 0.4) is 0 Å². The van der Waals surface area contributed by atoms with Crippen molar-refractivity contribution in [2.45, 2.75) is 71.8 Å². The van der Waals surface area contributed by atoms with Gasteiger partial charge in [-0.2, -0.15) is 0 Å². The molecule has 0 radical (unpaired) electrons. The molecule has 0 aromatic rings. The van der Waals surface area contributed by atoms with Crippen LogP contribution >= 0.6 is 0 Å². The Morgan fingerprint density at radius 3 is 2.83 bits per heavy atom. The topological polar surface area (TPSA) is 37.3 Å². The fourth-order valence-electron chi connectivity index (χ4n) is 6.49. The van der Waals surface area contributed by atoms with E-state index in [2.05, 4.69) is 20.8 Å². The van der Waals surface area contributed by atoms with E-state index in [4.69, 9.17) is 0 Å². The number of hydrogen-bond donors (Lipinski definition) is 1. The number of rotatable bonds is 1. The molecule has 0 bridgehead atoms. The summed E-state index contributed by atoms with van der Waals surface area (Å²) < 4.78 is 0. The molecule has 2 saturated carbocycles. The highest BCUT2D eigenvalue weighted by atomic mass is 16.3. The van der Waals surface area contributed by atoms with Crippen molar-refractivity contribution >= 4 is 5.78 Å². The summed E-state index contributed by atoms with van der Waals surface area (Å²) in [7, 11) is 0. The molecule has 4 rings (SSSR count). The number of hydrogen-bond acceptors (Lipinski definition) is 2. The summed E-state index contributed by atoms with van der Waals surface area (Å²) in [5, 5.41) is 10.7. The van der Waals surface area contributed by atoms with Crippen LogP contribution in [0, 0.1) is 29.1 Å². The second kappa shape index (κ2) is 5.31. The van der Waals surface area contributed by atoms with Crippen molar-refractivity contribution in [2.24, 2.45) is 29.1 Å². The third-order valence-electron chi connectivity index (χ3n) is 7.60. The molecule has 23 heavy (non-hydrogen) atoms. The van der Waals surface area contributed by atoms with Crippen LogP contribution in [0.2, 0.25) is 0 Å². The van der Waals surface area contributed by atoms with Crippen LogP contribution in [0.1, 0.15) is 65.7 Å². The van der Waals surface area contributed by atoms with Crippen molar-refractivity contribution in [1.29, 1.82) is 0 Å². The number of carbonyl (C=O) groups is 1. The first-order chi connectivity index (χ1) is 11.0. The number of aliphatic hydroxyl groups excluding tert-OH is 1.